The van der Waals surface area contributed by atoms with E-state index in [1.807, 2.05) is 12.3 Å². The highest BCUT2D eigenvalue weighted by atomic mass is 19.4. The van der Waals surface area contributed by atoms with Crippen LogP contribution in [0.4, 0.5) is 13.2 Å². The quantitative estimate of drug-likeness (QED) is 0.868. The van der Waals surface area contributed by atoms with Gasteiger partial charge in [0, 0.05) is 44.4 Å². The molecule has 0 N–H and O–H groups in total. The van der Waals surface area contributed by atoms with Crippen LogP contribution in [0.2, 0.25) is 0 Å². The Hall–Kier alpha value is -2.31. The molecule has 0 radical (unpaired) electrons. The lowest BCUT2D eigenvalue weighted by atomic mass is 10.1. The van der Waals surface area contributed by atoms with E-state index in [0.717, 1.165) is 12.1 Å². The lowest BCUT2D eigenvalue weighted by molar-refractivity contribution is -0.137. The van der Waals surface area contributed by atoms with Gasteiger partial charge in [-0.25, -0.2) is 0 Å². The van der Waals surface area contributed by atoms with E-state index in [1.54, 1.807) is 15.8 Å². The Kier molecular flexibility index (Phi) is 4.11. The number of alkyl halides is 3. The summed E-state index contributed by atoms with van der Waals surface area (Å²) in [5, 5.41) is 4.13. The number of benzene rings is 1. The molecule has 2 aromatic rings. The number of carbonyl (C=O) groups is 1. The Bertz CT molecular complexity index is 665. The minimum absolute atomic E-state index is 0.0297. The van der Waals surface area contributed by atoms with Gasteiger partial charge in [-0.3, -0.25) is 9.48 Å². The second-order valence-corrected chi connectivity index (χ2v) is 5.77. The molecule has 1 aliphatic heterocycles. The van der Waals surface area contributed by atoms with Gasteiger partial charge in [0.25, 0.3) is 0 Å². The summed E-state index contributed by atoms with van der Waals surface area (Å²) in [4.78, 5) is 13.8. The minimum atomic E-state index is -4.34. The smallest absolute Gasteiger partial charge is 0.338 e. The molecule has 0 bridgehead atoms. The lowest BCUT2D eigenvalue weighted by Crippen LogP contribution is -2.25. The van der Waals surface area contributed by atoms with Crippen molar-refractivity contribution in [1.29, 1.82) is 0 Å². The van der Waals surface area contributed by atoms with Gasteiger partial charge < -0.3 is 4.90 Å². The molecule has 3 rings (SSSR count). The van der Waals surface area contributed by atoms with Crippen LogP contribution in [-0.4, -0.2) is 27.1 Å². The van der Waals surface area contributed by atoms with Gasteiger partial charge in [0.05, 0.1) is 5.56 Å². The molecule has 0 saturated carbocycles. The van der Waals surface area contributed by atoms with Crippen molar-refractivity contribution in [2.45, 2.75) is 25.7 Å². The number of nitrogens with zero attached hydrogens (tertiary/aromatic N) is 3. The van der Waals surface area contributed by atoms with Gasteiger partial charge >= 0.3 is 6.18 Å². The Labute approximate surface area is 131 Å². The van der Waals surface area contributed by atoms with E-state index in [4.69, 9.17) is 0 Å². The molecule has 0 spiro atoms. The minimum Gasteiger partial charge on any atom is -0.338 e. The Balaban J connectivity index is 1.60. The first kappa shape index (κ1) is 15.6. The topological polar surface area (TPSA) is 38.1 Å². The number of halogens is 3. The molecule has 1 amide bonds. The number of amides is 1. The fourth-order valence-electron chi connectivity index (χ4n) is 2.82. The van der Waals surface area contributed by atoms with Crippen molar-refractivity contribution in [2.75, 3.05) is 6.54 Å². The summed E-state index contributed by atoms with van der Waals surface area (Å²) in [5.74, 6) is 0.207. The SMILES string of the molecule is O=C1CC(Cn2cccn2)CN1Cc1ccc(C(F)(F)F)cc1. The number of rotatable bonds is 4. The summed E-state index contributed by atoms with van der Waals surface area (Å²) in [6, 6.07) is 6.79. The maximum atomic E-state index is 12.5. The molecule has 7 heteroatoms. The van der Waals surface area contributed by atoms with Crippen LogP contribution in [-0.2, 0) is 24.1 Å². The molecular weight excluding hydrogens is 307 g/mol. The summed E-state index contributed by atoms with van der Waals surface area (Å²) in [6.45, 7) is 1.61. The summed E-state index contributed by atoms with van der Waals surface area (Å²) in [5.41, 5.74) is 0.0247. The number of hydrogen-bond acceptors (Lipinski definition) is 2. The zero-order valence-corrected chi connectivity index (χ0v) is 12.3. The van der Waals surface area contributed by atoms with Crippen LogP contribution in [0, 0.1) is 5.92 Å². The first-order valence-electron chi connectivity index (χ1n) is 7.33. The number of carbonyl (C=O) groups excluding carboxylic acids is 1. The van der Waals surface area contributed by atoms with Crippen LogP contribution in [0.1, 0.15) is 17.5 Å². The van der Waals surface area contributed by atoms with Crippen molar-refractivity contribution in [3.05, 3.63) is 53.9 Å². The second kappa shape index (κ2) is 6.06. The van der Waals surface area contributed by atoms with Gasteiger partial charge in [0.2, 0.25) is 5.91 Å². The molecule has 1 atom stereocenters. The van der Waals surface area contributed by atoms with Crippen molar-refractivity contribution in [1.82, 2.24) is 14.7 Å². The summed E-state index contributed by atoms with van der Waals surface area (Å²) in [7, 11) is 0. The lowest BCUT2D eigenvalue weighted by Gasteiger charge is -2.17. The fraction of sp³-hybridized carbons (Fsp3) is 0.375. The van der Waals surface area contributed by atoms with Gasteiger partial charge in [-0.15, -0.1) is 0 Å². The van der Waals surface area contributed by atoms with Crippen molar-refractivity contribution in [3.63, 3.8) is 0 Å². The van der Waals surface area contributed by atoms with Gasteiger partial charge in [0.15, 0.2) is 0 Å². The van der Waals surface area contributed by atoms with E-state index in [2.05, 4.69) is 5.10 Å². The predicted octanol–water partition coefficient (Wildman–Crippen LogP) is 2.95. The standard InChI is InChI=1S/C16H16F3N3O/c17-16(18,19)14-4-2-12(3-5-14)9-21-10-13(8-15(21)23)11-22-7-1-6-20-22/h1-7,13H,8-11H2. The molecule has 1 aromatic heterocycles. The summed E-state index contributed by atoms with van der Waals surface area (Å²) < 4.78 is 39.4. The van der Waals surface area contributed by atoms with E-state index in [0.29, 0.717) is 31.6 Å². The third-order valence-corrected chi connectivity index (χ3v) is 3.95. The van der Waals surface area contributed by atoms with Crippen LogP contribution < -0.4 is 0 Å². The van der Waals surface area contributed by atoms with Gasteiger partial charge in [0.1, 0.15) is 0 Å². The molecule has 1 aromatic carbocycles. The maximum Gasteiger partial charge on any atom is 0.416 e. The largest absolute Gasteiger partial charge is 0.416 e. The van der Waals surface area contributed by atoms with Gasteiger partial charge in [-0.1, -0.05) is 12.1 Å². The van der Waals surface area contributed by atoms with Crippen LogP contribution in [0.15, 0.2) is 42.7 Å². The van der Waals surface area contributed by atoms with Crippen LogP contribution in [0.3, 0.4) is 0 Å². The number of likely N-dealkylation sites (tertiary alicyclic amines) is 1. The highest BCUT2D eigenvalue weighted by Crippen LogP contribution is 2.29. The summed E-state index contributed by atoms with van der Waals surface area (Å²) in [6.07, 6.45) is -0.350. The van der Waals surface area contributed by atoms with Gasteiger partial charge in [-0.05, 0) is 23.8 Å². The Morgan fingerprint density at radius 2 is 1.96 bits per heavy atom. The molecule has 1 unspecified atom stereocenters. The maximum absolute atomic E-state index is 12.5. The normalized spacial score (nSPS) is 18.7. The predicted molar refractivity (Wildman–Crippen MR) is 77.2 cm³/mol. The zero-order valence-electron chi connectivity index (χ0n) is 12.3. The van der Waals surface area contributed by atoms with Crippen molar-refractivity contribution in [2.24, 2.45) is 5.92 Å². The first-order valence-corrected chi connectivity index (χ1v) is 7.33. The van der Waals surface area contributed by atoms with Crippen molar-refractivity contribution < 1.29 is 18.0 Å². The monoisotopic (exact) mass is 323 g/mol. The number of aromatic nitrogens is 2. The van der Waals surface area contributed by atoms with E-state index < -0.39 is 11.7 Å². The number of hydrogen-bond donors (Lipinski definition) is 0. The summed E-state index contributed by atoms with van der Waals surface area (Å²) >= 11 is 0. The average Bonchev–Trinajstić information content (AvgIpc) is 3.10. The third kappa shape index (κ3) is 3.72. The molecule has 122 valence electrons. The van der Waals surface area contributed by atoms with Crippen LogP contribution >= 0.6 is 0 Å². The highest BCUT2D eigenvalue weighted by Gasteiger charge is 2.31. The van der Waals surface area contributed by atoms with Gasteiger partial charge in [-0.2, -0.15) is 18.3 Å². The Morgan fingerprint density at radius 1 is 1.22 bits per heavy atom. The fourth-order valence-corrected chi connectivity index (χ4v) is 2.82. The van der Waals surface area contributed by atoms with E-state index in [9.17, 15) is 18.0 Å². The van der Waals surface area contributed by atoms with Crippen molar-refractivity contribution in [3.8, 4) is 0 Å². The molecule has 1 aliphatic rings. The molecule has 1 fully saturated rings. The van der Waals surface area contributed by atoms with Crippen LogP contribution in [0.25, 0.3) is 0 Å². The second-order valence-electron chi connectivity index (χ2n) is 5.77. The molecule has 4 nitrogen and oxygen atoms in total. The average molecular weight is 323 g/mol. The van der Waals surface area contributed by atoms with Crippen molar-refractivity contribution >= 4 is 5.91 Å². The third-order valence-electron chi connectivity index (χ3n) is 3.95. The first-order chi connectivity index (χ1) is 10.9. The van der Waals surface area contributed by atoms with E-state index in [1.165, 1.54) is 12.1 Å². The molecule has 23 heavy (non-hydrogen) atoms. The molecule has 2 heterocycles. The molecule has 0 aliphatic carbocycles. The molecular formula is C16H16F3N3O. The van der Waals surface area contributed by atoms with E-state index >= 15 is 0 Å². The van der Waals surface area contributed by atoms with E-state index in [-0.39, 0.29) is 11.8 Å². The molecule has 1 saturated heterocycles. The highest BCUT2D eigenvalue weighted by molar-refractivity contribution is 5.78. The zero-order chi connectivity index (χ0) is 16.4. The van der Waals surface area contributed by atoms with Crippen LogP contribution in [0.5, 0.6) is 0 Å². The Morgan fingerprint density at radius 3 is 2.57 bits per heavy atom.